The van der Waals surface area contributed by atoms with Crippen molar-refractivity contribution in [2.45, 2.75) is 40.6 Å². The van der Waals surface area contributed by atoms with Gasteiger partial charge in [0, 0.05) is 20.1 Å². The maximum Gasteiger partial charge on any atom is 0.423 e. The summed E-state index contributed by atoms with van der Waals surface area (Å²) in [5.41, 5.74) is -5.03. The van der Waals surface area contributed by atoms with Crippen LogP contribution in [-0.2, 0) is 4.74 Å². The molecule has 0 aliphatic carbocycles. The number of ether oxygens (including phenoxy) is 1. The molecule has 0 N–H and O–H groups in total. The Labute approximate surface area is 146 Å². The minimum atomic E-state index is -6.77. The van der Waals surface area contributed by atoms with Crippen molar-refractivity contribution in [1.82, 2.24) is 4.90 Å². The van der Waals surface area contributed by atoms with E-state index in [4.69, 9.17) is 0 Å². The third-order valence-electron chi connectivity index (χ3n) is 3.37. The molecule has 0 rings (SSSR count). The second-order valence-corrected chi connectivity index (χ2v) is 6.30. The molecule has 0 amide bonds. The highest BCUT2D eigenvalue weighted by Crippen LogP contribution is 2.61. The lowest BCUT2D eigenvalue weighted by Crippen LogP contribution is -2.73. The summed E-state index contributed by atoms with van der Waals surface area (Å²) in [6.07, 6.45) is -8.05. The van der Waals surface area contributed by atoms with E-state index in [9.17, 15) is 43.9 Å². The zero-order valence-electron chi connectivity index (χ0n) is 12.8. The molecular weight excluding hydrogens is 423 g/mol. The molecule has 0 heterocycles. The Kier molecular flexibility index (Phi) is 7.02. The Hall–Kier alpha value is -0.200. The predicted molar refractivity (Wildman–Crippen MR) is 69.4 cm³/mol. The smallest absolute Gasteiger partial charge is 0.363 e. The van der Waals surface area contributed by atoms with Crippen molar-refractivity contribution in [3.05, 3.63) is 0 Å². The largest absolute Gasteiger partial charge is 0.423 e. The zero-order valence-corrected chi connectivity index (χ0v) is 14.3. The van der Waals surface area contributed by atoms with Crippen LogP contribution < -0.4 is 0 Å². The van der Waals surface area contributed by atoms with Gasteiger partial charge in [-0.05, 0) is 25.7 Å². The summed E-state index contributed by atoms with van der Waals surface area (Å²) < 4.78 is 138. The van der Waals surface area contributed by atoms with Crippen molar-refractivity contribution < 1.29 is 48.6 Å². The Balaban J connectivity index is 6.50. The zero-order chi connectivity index (χ0) is 20.7. The van der Waals surface area contributed by atoms with E-state index in [1.165, 1.54) is 0 Å². The molecule has 0 aliphatic rings. The number of methoxy groups -OCH3 is 1. The summed E-state index contributed by atoms with van der Waals surface area (Å²) in [6, 6.07) is 0. The van der Waals surface area contributed by atoms with E-state index in [-0.39, 0.29) is 7.11 Å². The minimum absolute atomic E-state index is 0.000120. The van der Waals surface area contributed by atoms with E-state index >= 15 is 0 Å². The van der Waals surface area contributed by atoms with Crippen LogP contribution in [-0.4, -0.2) is 66.8 Å². The average Bonchev–Trinajstić information content (AvgIpc) is 2.35. The van der Waals surface area contributed by atoms with E-state index in [2.05, 4.69) is 27.9 Å². The second-order valence-electron chi connectivity index (χ2n) is 5.30. The standard InChI is InChI=1S/C11H13Cl2F10NO/c1-24(2)5-4-6(25-3,11(21,22)23)8(15,16)9(17,18)7(12,14)10(13,19)20/h4-5H2,1-3H3. The first-order chi connectivity index (χ1) is 10.7. The Morgan fingerprint density at radius 2 is 1.20 bits per heavy atom. The number of nitrogens with zero attached hydrogens (tertiary/aromatic N) is 1. The summed E-state index contributed by atoms with van der Waals surface area (Å²) in [6.45, 7) is -0.891. The van der Waals surface area contributed by atoms with Crippen LogP contribution in [0, 0.1) is 0 Å². The molecule has 0 aromatic heterocycles. The summed E-state index contributed by atoms with van der Waals surface area (Å²) >= 11 is 8.12. The van der Waals surface area contributed by atoms with Crippen molar-refractivity contribution in [3.8, 4) is 0 Å². The van der Waals surface area contributed by atoms with E-state index < -0.39 is 47.1 Å². The Bertz CT molecular complexity index is 463. The van der Waals surface area contributed by atoms with Crippen LogP contribution in [0.15, 0.2) is 0 Å². The SMILES string of the molecule is COC(CCN(C)C)(C(F)(F)F)C(F)(F)C(F)(F)C(F)(Cl)C(F)(F)Cl. The molecule has 0 aromatic carbocycles. The molecule has 0 saturated carbocycles. The quantitative estimate of drug-likeness (QED) is 0.397. The first kappa shape index (κ1) is 24.8. The summed E-state index contributed by atoms with van der Waals surface area (Å²) in [5, 5.41) is -11.9. The molecule has 14 heteroatoms. The van der Waals surface area contributed by atoms with Gasteiger partial charge in [-0.25, -0.2) is 4.39 Å². The molecule has 25 heavy (non-hydrogen) atoms. The molecule has 0 aliphatic heterocycles. The normalized spacial score (nSPS) is 19.7. The molecule has 2 unspecified atom stereocenters. The third kappa shape index (κ3) is 3.91. The molecule has 0 saturated heterocycles. The maximum absolute atomic E-state index is 14.2. The number of halogens is 12. The number of alkyl halides is 12. The molecular formula is C11H13Cl2F10NO. The van der Waals surface area contributed by atoms with Crippen molar-refractivity contribution in [2.75, 3.05) is 27.7 Å². The van der Waals surface area contributed by atoms with Gasteiger partial charge in [-0.3, -0.25) is 0 Å². The van der Waals surface area contributed by atoms with Crippen LogP contribution in [0.5, 0.6) is 0 Å². The van der Waals surface area contributed by atoms with Crippen LogP contribution in [0.25, 0.3) is 0 Å². The van der Waals surface area contributed by atoms with Gasteiger partial charge in [-0.1, -0.05) is 11.6 Å². The number of hydrogen-bond acceptors (Lipinski definition) is 2. The van der Waals surface area contributed by atoms with E-state index in [1.807, 2.05) is 0 Å². The Morgan fingerprint density at radius 1 is 0.800 bits per heavy atom. The van der Waals surface area contributed by atoms with Gasteiger partial charge in [-0.15, -0.1) is 0 Å². The second kappa shape index (κ2) is 7.08. The lowest BCUT2D eigenvalue weighted by Gasteiger charge is -2.46. The summed E-state index contributed by atoms with van der Waals surface area (Å²) in [4.78, 5) is 0.896. The van der Waals surface area contributed by atoms with Gasteiger partial charge in [0.05, 0.1) is 0 Å². The highest BCUT2D eigenvalue weighted by atomic mass is 35.5. The average molecular weight is 436 g/mol. The molecule has 152 valence electrons. The van der Waals surface area contributed by atoms with Crippen LogP contribution >= 0.6 is 23.2 Å². The summed E-state index contributed by atoms with van der Waals surface area (Å²) in [7, 11) is 2.22. The van der Waals surface area contributed by atoms with Gasteiger partial charge in [0.2, 0.25) is 5.60 Å². The van der Waals surface area contributed by atoms with Crippen LogP contribution in [0.3, 0.4) is 0 Å². The van der Waals surface area contributed by atoms with Gasteiger partial charge in [0.15, 0.2) is 0 Å². The maximum atomic E-state index is 14.2. The molecule has 0 radical (unpaired) electrons. The van der Waals surface area contributed by atoms with Crippen LogP contribution in [0.1, 0.15) is 6.42 Å². The Morgan fingerprint density at radius 3 is 1.44 bits per heavy atom. The molecule has 0 bridgehead atoms. The fraction of sp³-hybridized carbons (Fsp3) is 1.00. The first-order valence-corrected chi connectivity index (χ1v) is 6.95. The van der Waals surface area contributed by atoms with Crippen molar-refractivity contribution in [2.24, 2.45) is 0 Å². The first-order valence-electron chi connectivity index (χ1n) is 6.19. The molecule has 0 aromatic rings. The monoisotopic (exact) mass is 435 g/mol. The van der Waals surface area contributed by atoms with Gasteiger partial charge >= 0.3 is 28.5 Å². The third-order valence-corrected chi connectivity index (χ3v) is 4.20. The van der Waals surface area contributed by atoms with Crippen LogP contribution in [0.2, 0.25) is 0 Å². The van der Waals surface area contributed by atoms with Crippen LogP contribution in [0.4, 0.5) is 43.9 Å². The van der Waals surface area contributed by atoms with E-state index in [0.717, 1.165) is 19.0 Å². The van der Waals surface area contributed by atoms with Gasteiger partial charge < -0.3 is 9.64 Å². The highest BCUT2D eigenvalue weighted by molar-refractivity contribution is 6.33. The number of hydrogen-bond donors (Lipinski definition) is 0. The topological polar surface area (TPSA) is 12.5 Å². The molecule has 0 fully saturated rings. The fourth-order valence-electron chi connectivity index (χ4n) is 1.83. The van der Waals surface area contributed by atoms with Gasteiger partial charge in [0.25, 0.3) is 0 Å². The number of rotatable bonds is 8. The fourth-order valence-corrected chi connectivity index (χ4v) is 2.07. The lowest BCUT2D eigenvalue weighted by atomic mass is 9.84. The highest BCUT2D eigenvalue weighted by Gasteiger charge is 2.87. The predicted octanol–water partition coefficient (Wildman–Crippen LogP) is 4.89. The van der Waals surface area contributed by atoms with Crippen molar-refractivity contribution >= 4 is 23.2 Å². The summed E-state index contributed by atoms with van der Waals surface area (Å²) in [5.74, 6) is -13.3. The van der Waals surface area contributed by atoms with Gasteiger partial charge in [0.1, 0.15) is 0 Å². The molecule has 0 spiro atoms. The van der Waals surface area contributed by atoms with E-state index in [1.54, 1.807) is 0 Å². The molecule has 2 nitrogen and oxygen atoms in total. The van der Waals surface area contributed by atoms with E-state index in [0.29, 0.717) is 0 Å². The lowest BCUT2D eigenvalue weighted by molar-refractivity contribution is -0.401. The molecule has 2 atom stereocenters. The minimum Gasteiger partial charge on any atom is -0.363 e. The van der Waals surface area contributed by atoms with Crippen molar-refractivity contribution in [3.63, 3.8) is 0 Å². The van der Waals surface area contributed by atoms with Crippen molar-refractivity contribution in [1.29, 1.82) is 0 Å². The van der Waals surface area contributed by atoms with Gasteiger partial charge in [-0.2, -0.15) is 39.5 Å².